The van der Waals surface area contributed by atoms with Crippen molar-refractivity contribution in [3.05, 3.63) is 0 Å². The van der Waals surface area contributed by atoms with E-state index in [4.69, 9.17) is 10.2 Å². The first kappa shape index (κ1) is 20.1. The van der Waals surface area contributed by atoms with E-state index in [1.165, 1.54) is 0 Å². The Morgan fingerprint density at radius 1 is 0.870 bits per heavy atom. The summed E-state index contributed by atoms with van der Waals surface area (Å²) in [5, 5.41) is 17.9. The van der Waals surface area contributed by atoms with Crippen molar-refractivity contribution in [2.24, 2.45) is 0 Å². The molecule has 23 heavy (non-hydrogen) atoms. The molecule has 1 aliphatic heterocycles. The van der Waals surface area contributed by atoms with Crippen LogP contribution in [0.25, 0.3) is 0 Å². The molecule has 0 spiro atoms. The van der Waals surface area contributed by atoms with Crippen LogP contribution in [0.5, 0.6) is 0 Å². The molecule has 9 nitrogen and oxygen atoms in total. The lowest BCUT2D eigenvalue weighted by Gasteiger charge is -2.26. The molecule has 0 radical (unpaired) electrons. The van der Waals surface area contributed by atoms with Gasteiger partial charge < -0.3 is 15.1 Å². The summed E-state index contributed by atoms with van der Waals surface area (Å²) in [6.07, 6.45) is 0.229. The van der Waals surface area contributed by atoms with E-state index in [1.807, 2.05) is 4.90 Å². The van der Waals surface area contributed by atoms with Gasteiger partial charge in [0, 0.05) is 45.4 Å². The number of carboxylic acid groups (broad SMARTS) is 2. The van der Waals surface area contributed by atoms with E-state index in [2.05, 4.69) is 0 Å². The fourth-order valence-electron chi connectivity index (χ4n) is 2.44. The highest BCUT2D eigenvalue weighted by Crippen LogP contribution is 2.40. The molecule has 3 N–H and O–H groups in total. The van der Waals surface area contributed by atoms with Gasteiger partial charge in [-0.2, -0.15) is 0 Å². The Balaban J connectivity index is 2.76. The number of hydrogen-bond donors (Lipinski definition) is 3. The summed E-state index contributed by atoms with van der Waals surface area (Å²) in [5.41, 5.74) is 0. The third kappa shape index (κ3) is 8.43. The van der Waals surface area contributed by atoms with Crippen molar-refractivity contribution in [2.75, 3.05) is 64.8 Å². The summed E-state index contributed by atoms with van der Waals surface area (Å²) in [6.45, 7) is 4.23. The predicted molar refractivity (Wildman–Crippen MR) is 85.0 cm³/mol. The van der Waals surface area contributed by atoms with Gasteiger partial charge >= 0.3 is 11.9 Å². The molecular formula is C13H26N3O6P. The zero-order chi connectivity index (χ0) is 17.5. The number of rotatable bonds is 7. The molecule has 1 atom stereocenters. The molecule has 134 valence electrons. The molecule has 0 saturated carbocycles. The fourth-order valence-corrected chi connectivity index (χ4v) is 3.54. The highest BCUT2D eigenvalue weighted by atomic mass is 31.2. The third-order valence-corrected chi connectivity index (χ3v) is 5.66. The molecule has 1 unspecified atom stereocenters. The van der Waals surface area contributed by atoms with Gasteiger partial charge in [-0.05, 0) is 0 Å². The van der Waals surface area contributed by atoms with E-state index in [0.717, 1.165) is 0 Å². The zero-order valence-corrected chi connectivity index (χ0v) is 14.3. The van der Waals surface area contributed by atoms with Gasteiger partial charge in [0.25, 0.3) is 0 Å². The second-order valence-electron chi connectivity index (χ2n) is 5.76. The number of aliphatic carboxylic acids is 2. The van der Waals surface area contributed by atoms with Crippen molar-refractivity contribution < 1.29 is 29.3 Å². The average molecular weight is 351 g/mol. The summed E-state index contributed by atoms with van der Waals surface area (Å²) < 4.78 is 12.0. The summed E-state index contributed by atoms with van der Waals surface area (Å²) >= 11 is 0. The smallest absolute Gasteiger partial charge is 0.317 e. The van der Waals surface area contributed by atoms with E-state index in [-0.39, 0.29) is 25.5 Å². The van der Waals surface area contributed by atoms with Crippen LogP contribution in [0.2, 0.25) is 0 Å². The molecule has 1 rings (SSSR count). The molecule has 0 aromatic rings. The zero-order valence-electron chi connectivity index (χ0n) is 13.4. The van der Waals surface area contributed by atoms with Gasteiger partial charge in [0.1, 0.15) is 0 Å². The Kier molecular flexibility index (Phi) is 8.15. The van der Waals surface area contributed by atoms with Gasteiger partial charge in [0.15, 0.2) is 0 Å². The first-order valence-corrected chi connectivity index (χ1v) is 9.66. The molecule has 1 heterocycles. The van der Waals surface area contributed by atoms with Crippen LogP contribution < -0.4 is 0 Å². The standard InChI is InChI=1S/C13H26N3O6P/c1-2-23(21,22)11-16-7-5-14(9-12(17)18)3-4-15(6-8-16)10-13(19)20/h2-11H2,1H3,(H,17,18)(H,19,20)(H,21,22). The third-order valence-electron chi connectivity index (χ3n) is 3.83. The molecule has 1 fully saturated rings. The summed E-state index contributed by atoms with van der Waals surface area (Å²) in [4.78, 5) is 36.9. The van der Waals surface area contributed by atoms with Crippen LogP contribution in [0.3, 0.4) is 0 Å². The maximum atomic E-state index is 12.0. The number of carbonyl (C=O) groups is 2. The van der Waals surface area contributed by atoms with Crippen LogP contribution >= 0.6 is 7.37 Å². The fraction of sp³-hybridized carbons (Fsp3) is 0.846. The van der Waals surface area contributed by atoms with Crippen LogP contribution in [-0.4, -0.2) is 107 Å². The van der Waals surface area contributed by atoms with Crippen molar-refractivity contribution in [1.82, 2.24) is 14.7 Å². The highest BCUT2D eigenvalue weighted by molar-refractivity contribution is 7.57. The van der Waals surface area contributed by atoms with Crippen molar-refractivity contribution in [3.63, 3.8) is 0 Å². The van der Waals surface area contributed by atoms with Gasteiger partial charge in [-0.3, -0.25) is 28.9 Å². The first-order chi connectivity index (χ1) is 10.7. The predicted octanol–water partition coefficient (Wildman–Crippen LogP) is -0.677. The second-order valence-corrected chi connectivity index (χ2v) is 8.37. The SMILES string of the molecule is CCP(=O)(O)CN1CCN(CC(=O)O)CCN(CC(=O)O)CC1. The lowest BCUT2D eigenvalue weighted by atomic mass is 10.4. The number of hydrogen-bond acceptors (Lipinski definition) is 6. The van der Waals surface area contributed by atoms with Crippen molar-refractivity contribution in [2.45, 2.75) is 6.92 Å². The first-order valence-electron chi connectivity index (χ1n) is 7.63. The molecule has 0 amide bonds. The maximum Gasteiger partial charge on any atom is 0.317 e. The Morgan fingerprint density at radius 3 is 1.52 bits per heavy atom. The molecule has 0 aromatic heterocycles. The van der Waals surface area contributed by atoms with Crippen molar-refractivity contribution in [3.8, 4) is 0 Å². The van der Waals surface area contributed by atoms with E-state index in [9.17, 15) is 19.0 Å². The quantitative estimate of drug-likeness (QED) is 0.512. The van der Waals surface area contributed by atoms with Crippen molar-refractivity contribution in [1.29, 1.82) is 0 Å². The van der Waals surface area contributed by atoms with Crippen LogP contribution in [0, 0.1) is 0 Å². The van der Waals surface area contributed by atoms with Gasteiger partial charge in [0.05, 0.1) is 19.4 Å². The Bertz CT molecular complexity index is 433. The topological polar surface area (TPSA) is 122 Å². The van der Waals surface area contributed by atoms with Crippen LogP contribution in [0.1, 0.15) is 6.92 Å². The minimum absolute atomic E-state index is 0.0469. The van der Waals surface area contributed by atoms with E-state index < -0.39 is 19.3 Å². The molecule has 0 bridgehead atoms. The molecule has 1 saturated heterocycles. The lowest BCUT2D eigenvalue weighted by Crippen LogP contribution is -2.40. The summed E-state index contributed by atoms with van der Waals surface area (Å²) in [6, 6.07) is 0. The molecule has 0 aromatic carbocycles. The number of nitrogens with zero attached hydrogens (tertiary/aromatic N) is 3. The van der Waals surface area contributed by atoms with Crippen LogP contribution in [-0.2, 0) is 14.2 Å². The van der Waals surface area contributed by atoms with E-state index in [1.54, 1.807) is 16.7 Å². The Hall–Kier alpha value is -0.990. The van der Waals surface area contributed by atoms with E-state index >= 15 is 0 Å². The average Bonchev–Trinajstić information content (AvgIpc) is 2.52. The van der Waals surface area contributed by atoms with Gasteiger partial charge in [0.2, 0.25) is 7.37 Å². The van der Waals surface area contributed by atoms with Gasteiger partial charge in [-0.15, -0.1) is 0 Å². The minimum Gasteiger partial charge on any atom is -0.480 e. The van der Waals surface area contributed by atoms with Crippen LogP contribution in [0.4, 0.5) is 0 Å². The summed E-state index contributed by atoms with van der Waals surface area (Å²) in [5.74, 6) is -1.89. The molecule has 1 aliphatic rings. The highest BCUT2D eigenvalue weighted by Gasteiger charge is 2.24. The lowest BCUT2D eigenvalue weighted by molar-refractivity contribution is -0.140. The minimum atomic E-state index is -3.23. The normalized spacial score (nSPS) is 21.8. The molecule has 10 heteroatoms. The second kappa shape index (κ2) is 9.34. The van der Waals surface area contributed by atoms with Crippen LogP contribution in [0.15, 0.2) is 0 Å². The maximum absolute atomic E-state index is 12.0. The van der Waals surface area contributed by atoms with Crippen molar-refractivity contribution >= 4 is 19.3 Å². The Morgan fingerprint density at radius 2 is 1.22 bits per heavy atom. The summed E-state index contributed by atoms with van der Waals surface area (Å²) in [7, 11) is -3.23. The molecular weight excluding hydrogens is 325 g/mol. The number of carboxylic acids is 2. The monoisotopic (exact) mass is 351 g/mol. The Labute approximate surface area is 135 Å². The van der Waals surface area contributed by atoms with Gasteiger partial charge in [-0.25, -0.2) is 0 Å². The van der Waals surface area contributed by atoms with E-state index in [0.29, 0.717) is 39.3 Å². The largest absolute Gasteiger partial charge is 0.480 e. The molecule has 0 aliphatic carbocycles. The van der Waals surface area contributed by atoms with Gasteiger partial charge in [-0.1, -0.05) is 6.92 Å².